The Morgan fingerprint density at radius 1 is 0.891 bits per heavy atom. The van der Waals surface area contributed by atoms with E-state index in [0.717, 1.165) is 47.9 Å². The molecule has 2 fully saturated rings. The van der Waals surface area contributed by atoms with Gasteiger partial charge in [0.2, 0.25) is 0 Å². The lowest BCUT2D eigenvalue weighted by molar-refractivity contribution is -0.153. The van der Waals surface area contributed by atoms with Gasteiger partial charge in [-0.2, -0.15) is 0 Å². The second-order valence-electron chi connectivity index (χ2n) is 15.4. The molecule has 4 heterocycles. The van der Waals surface area contributed by atoms with Crippen LogP contribution in [0.1, 0.15) is 59.4 Å². The fourth-order valence-corrected chi connectivity index (χ4v) is 10.2. The van der Waals surface area contributed by atoms with Gasteiger partial charge in [-0.1, -0.05) is 120 Å². The molecule has 0 bridgehead atoms. The second kappa shape index (κ2) is 19.2. The van der Waals surface area contributed by atoms with Crippen molar-refractivity contribution in [3.63, 3.8) is 0 Å². The van der Waals surface area contributed by atoms with E-state index in [9.17, 15) is 14.4 Å². The summed E-state index contributed by atoms with van der Waals surface area (Å²) in [5, 5.41) is 16.6. The van der Waals surface area contributed by atoms with Gasteiger partial charge in [0.05, 0.1) is 13.3 Å². The van der Waals surface area contributed by atoms with Gasteiger partial charge in [-0.05, 0) is 71.7 Å². The van der Waals surface area contributed by atoms with Crippen LogP contribution in [0.3, 0.4) is 0 Å². The van der Waals surface area contributed by atoms with Crippen LogP contribution in [0.15, 0.2) is 160 Å². The van der Waals surface area contributed by atoms with E-state index in [1.54, 1.807) is 55.0 Å². The minimum absolute atomic E-state index is 0.0279. The standard InChI is InChI=1S/C49H44N6O7S2/c1-59-37-24-21-32(22-25-37)29-60-47(58)43-33(23-26-39-27-28-50-61-39)30-63-46-42(45(57)55(43)46)52-44(56)41(54-62-38-19-11-12-20-38)40-31-64-48(51-40)53-49(34-13-5-2-6-14-34,35-15-7-3-8-16-35)36-17-9-4-10-18-36/h2-10,13-18,21-28,31,38,42,46H,11-12,19-20,29-30H2,1H3,(H,51,53)(H,52,56)/b26-23+,54-41-/t42-,46-/m1/s1. The van der Waals surface area contributed by atoms with Gasteiger partial charge >= 0.3 is 5.97 Å². The second-order valence-corrected chi connectivity index (χ2v) is 17.3. The zero-order valence-corrected chi connectivity index (χ0v) is 36.4. The van der Waals surface area contributed by atoms with E-state index < -0.39 is 34.7 Å². The number of rotatable bonds is 16. The summed E-state index contributed by atoms with van der Waals surface area (Å²) in [6.07, 6.45) is 8.42. The Kier molecular flexibility index (Phi) is 12.7. The van der Waals surface area contributed by atoms with Crippen molar-refractivity contribution in [1.29, 1.82) is 0 Å². The number of thiazole rings is 1. The first-order valence-electron chi connectivity index (χ1n) is 20.9. The molecular formula is C49H44N6O7S2. The van der Waals surface area contributed by atoms with E-state index in [0.29, 0.717) is 28.0 Å². The maximum atomic E-state index is 14.5. The zero-order valence-electron chi connectivity index (χ0n) is 34.8. The molecule has 1 saturated heterocycles. The molecule has 1 saturated carbocycles. The molecule has 3 aliphatic rings. The van der Waals surface area contributed by atoms with Gasteiger partial charge in [-0.3, -0.25) is 14.5 Å². The van der Waals surface area contributed by atoms with Crippen LogP contribution in [-0.2, 0) is 36.1 Å². The Bertz CT molecular complexity index is 2570. The largest absolute Gasteiger partial charge is 0.497 e. The molecule has 4 aromatic carbocycles. The molecule has 0 spiro atoms. The van der Waals surface area contributed by atoms with E-state index >= 15 is 0 Å². The Balaban J connectivity index is 0.990. The number of benzene rings is 4. The highest BCUT2D eigenvalue weighted by Gasteiger charge is 2.54. The summed E-state index contributed by atoms with van der Waals surface area (Å²) in [6, 6.07) is 38.3. The number of hydrogen-bond donors (Lipinski definition) is 2. The lowest BCUT2D eigenvalue weighted by Gasteiger charge is -2.49. The van der Waals surface area contributed by atoms with Crippen LogP contribution in [-0.4, -0.2) is 68.9 Å². The third-order valence-electron chi connectivity index (χ3n) is 11.4. The molecule has 2 aromatic heterocycles. The number of carbonyl (C=O) groups excluding carboxylic acids is 3. The number of nitrogens with one attached hydrogen (secondary N) is 2. The fraction of sp³-hybridized carbons (Fsp3) is 0.224. The van der Waals surface area contributed by atoms with Crippen molar-refractivity contribution < 1.29 is 33.2 Å². The van der Waals surface area contributed by atoms with Crippen LogP contribution < -0.4 is 15.4 Å². The van der Waals surface area contributed by atoms with Gasteiger partial charge < -0.3 is 29.5 Å². The lowest BCUT2D eigenvalue weighted by Crippen LogP contribution is -2.71. The SMILES string of the molecule is COc1ccc(COC(=O)C2=C(/C=C/c3ccno3)CS[C@@H]3[C@H](NC(=O)/C(=N\OC4CCCC4)c4csc(NC(c5ccccc5)(c5ccccc5)c5ccccc5)n4)C(=O)N23)cc1. The third-order valence-corrected chi connectivity index (χ3v) is 13.4. The minimum Gasteiger partial charge on any atom is -0.497 e. The summed E-state index contributed by atoms with van der Waals surface area (Å²) in [6.45, 7) is -0.0279. The van der Waals surface area contributed by atoms with Gasteiger partial charge in [-0.15, -0.1) is 23.1 Å². The molecule has 64 heavy (non-hydrogen) atoms. The highest BCUT2D eigenvalue weighted by molar-refractivity contribution is 8.00. The normalized spacial score (nSPS) is 17.8. The van der Waals surface area contributed by atoms with Crippen LogP contribution >= 0.6 is 23.1 Å². The summed E-state index contributed by atoms with van der Waals surface area (Å²) in [7, 11) is 1.58. The fourth-order valence-electron chi connectivity index (χ4n) is 8.11. The predicted octanol–water partition coefficient (Wildman–Crippen LogP) is 8.32. The maximum absolute atomic E-state index is 14.5. The number of amides is 2. The summed E-state index contributed by atoms with van der Waals surface area (Å²) in [4.78, 5) is 54.9. The number of esters is 1. The number of anilines is 1. The minimum atomic E-state index is -0.975. The van der Waals surface area contributed by atoms with Crippen LogP contribution in [0.25, 0.3) is 6.08 Å². The summed E-state index contributed by atoms with van der Waals surface area (Å²) in [5.74, 6) is -0.282. The molecule has 1 aliphatic carbocycles. The van der Waals surface area contributed by atoms with Crippen LogP contribution in [0.5, 0.6) is 5.75 Å². The predicted molar refractivity (Wildman–Crippen MR) is 245 cm³/mol. The molecule has 9 rings (SSSR count). The maximum Gasteiger partial charge on any atom is 0.355 e. The molecule has 2 amide bonds. The number of methoxy groups -OCH3 is 1. The average molecular weight is 893 g/mol. The topological polar surface area (TPSA) is 157 Å². The number of oxime groups is 1. The number of fused-ring (bicyclic) bond motifs is 1. The lowest BCUT2D eigenvalue weighted by atomic mass is 9.77. The Labute approximate surface area is 378 Å². The van der Waals surface area contributed by atoms with Crippen molar-refractivity contribution in [2.75, 3.05) is 18.2 Å². The van der Waals surface area contributed by atoms with Crippen molar-refractivity contribution in [2.45, 2.75) is 55.3 Å². The van der Waals surface area contributed by atoms with Crippen molar-refractivity contribution in [3.05, 3.63) is 184 Å². The summed E-state index contributed by atoms with van der Waals surface area (Å²) in [5.41, 5.74) is 3.75. The van der Waals surface area contributed by atoms with Gasteiger partial charge in [-0.25, -0.2) is 9.78 Å². The molecule has 2 aliphatic heterocycles. The number of carbonyl (C=O) groups is 3. The van der Waals surface area contributed by atoms with Crippen LogP contribution in [0.4, 0.5) is 5.13 Å². The Morgan fingerprint density at radius 3 is 2.16 bits per heavy atom. The van der Waals surface area contributed by atoms with E-state index in [4.69, 9.17) is 23.8 Å². The van der Waals surface area contributed by atoms with E-state index in [2.05, 4.69) is 57.3 Å². The Morgan fingerprint density at radius 2 is 1.55 bits per heavy atom. The van der Waals surface area contributed by atoms with E-state index in [1.165, 1.54) is 34.2 Å². The quantitative estimate of drug-likeness (QED) is 0.0317. The molecule has 0 unspecified atom stereocenters. The van der Waals surface area contributed by atoms with E-state index in [-0.39, 0.29) is 29.8 Å². The monoisotopic (exact) mass is 892 g/mol. The number of ether oxygens (including phenoxy) is 2. The van der Waals surface area contributed by atoms with Crippen molar-refractivity contribution >= 4 is 57.8 Å². The Hall–Kier alpha value is -6.97. The van der Waals surface area contributed by atoms with E-state index in [1.807, 2.05) is 54.6 Å². The summed E-state index contributed by atoms with van der Waals surface area (Å²) < 4.78 is 16.3. The molecule has 2 atom stereocenters. The number of nitrogens with zero attached hydrogens (tertiary/aromatic N) is 4. The highest BCUT2D eigenvalue weighted by Crippen LogP contribution is 2.43. The molecule has 15 heteroatoms. The van der Waals surface area contributed by atoms with Crippen molar-refractivity contribution in [2.24, 2.45) is 5.16 Å². The number of aromatic nitrogens is 2. The van der Waals surface area contributed by atoms with Gasteiger partial charge in [0.25, 0.3) is 11.8 Å². The van der Waals surface area contributed by atoms with Crippen molar-refractivity contribution in [3.8, 4) is 5.75 Å². The number of hydrogen-bond acceptors (Lipinski definition) is 13. The number of β-lactam (4-membered cyclic amide) rings is 1. The molecule has 6 aromatic rings. The first-order valence-corrected chi connectivity index (χ1v) is 22.9. The molecule has 2 N–H and O–H groups in total. The molecule has 13 nitrogen and oxygen atoms in total. The number of thioether (sulfide) groups is 1. The zero-order chi connectivity index (χ0) is 43.9. The highest BCUT2D eigenvalue weighted by atomic mass is 32.2. The molecule has 324 valence electrons. The first-order chi connectivity index (χ1) is 31.4. The molecular weight excluding hydrogens is 849 g/mol. The van der Waals surface area contributed by atoms with Gasteiger partial charge in [0.1, 0.15) is 46.8 Å². The average Bonchev–Trinajstić information content (AvgIpc) is 4.17. The van der Waals surface area contributed by atoms with Crippen LogP contribution in [0, 0.1) is 0 Å². The smallest absolute Gasteiger partial charge is 0.355 e. The van der Waals surface area contributed by atoms with Gasteiger partial charge in [0.15, 0.2) is 16.6 Å². The third kappa shape index (κ3) is 8.81. The first kappa shape index (κ1) is 42.3. The van der Waals surface area contributed by atoms with Gasteiger partial charge in [0, 0.05) is 17.2 Å². The van der Waals surface area contributed by atoms with Crippen LogP contribution in [0.2, 0.25) is 0 Å². The molecule has 0 radical (unpaired) electrons. The number of allylic oxidation sites excluding steroid dienone is 1. The summed E-state index contributed by atoms with van der Waals surface area (Å²) >= 11 is 2.75. The van der Waals surface area contributed by atoms with Crippen molar-refractivity contribution in [1.82, 2.24) is 20.4 Å².